The first-order valence-corrected chi connectivity index (χ1v) is 5.92. The van der Waals surface area contributed by atoms with Crippen LogP contribution in [0.2, 0.25) is 0 Å². The van der Waals surface area contributed by atoms with Crippen LogP contribution in [0.5, 0.6) is 0 Å². The first kappa shape index (κ1) is 13.5. The van der Waals surface area contributed by atoms with Gasteiger partial charge in [0.15, 0.2) is 5.84 Å². The van der Waals surface area contributed by atoms with E-state index in [0.29, 0.717) is 22.5 Å². The third-order valence-electron chi connectivity index (χ3n) is 2.80. The average Bonchev–Trinajstić information content (AvgIpc) is 2.47. The highest BCUT2D eigenvalue weighted by Crippen LogP contribution is 2.12. The normalized spacial score (nSPS) is 11.2. The first-order valence-electron chi connectivity index (χ1n) is 5.92. The number of hydrogen-bond donors (Lipinski definition) is 3. The van der Waals surface area contributed by atoms with Crippen molar-refractivity contribution in [3.63, 3.8) is 0 Å². The largest absolute Gasteiger partial charge is 0.409 e. The summed E-state index contributed by atoms with van der Waals surface area (Å²) in [6.07, 6.45) is 1.64. The van der Waals surface area contributed by atoms with Crippen molar-refractivity contribution in [2.75, 3.05) is 5.32 Å². The molecule has 0 saturated carbocycles. The van der Waals surface area contributed by atoms with Gasteiger partial charge in [-0.05, 0) is 43.3 Å². The van der Waals surface area contributed by atoms with Crippen LogP contribution in [0.4, 0.5) is 5.69 Å². The molecular formula is C14H14N4O2. The molecule has 102 valence electrons. The van der Waals surface area contributed by atoms with Gasteiger partial charge in [0.2, 0.25) is 0 Å². The Morgan fingerprint density at radius 3 is 2.60 bits per heavy atom. The maximum Gasteiger partial charge on any atom is 0.257 e. The summed E-state index contributed by atoms with van der Waals surface area (Å²) in [6.45, 7) is 1.77. The number of rotatable bonds is 3. The fourth-order valence-electron chi connectivity index (χ4n) is 1.70. The maximum atomic E-state index is 12.1. The van der Waals surface area contributed by atoms with Gasteiger partial charge in [0.25, 0.3) is 5.91 Å². The number of aryl methyl sites for hydroxylation is 1. The molecule has 1 aromatic heterocycles. The Morgan fingerprint density at radius 2 is 2.00 bits per heavy atom. The van der Waals surface area contributed by atoms with E-state index < -0.39 is 0 Å². The number of benzene rings is 1. The quantitative estimate of drug-likeness (QED) is 0.342. The number of oxime groups is 1. The van der Waals surface area contributed by atoms with Crippen LogP contribution in [0.15, 0.2) is 47.8 Å². The smallest absolute Gasteiger partial charge is 0.257 e. The molecule has 0 fully saturated rings. The maximum absolute atomic E-state index is 12.1. The number of anilines is 1. The predicted octanol–water partition coefficient (Wildman–Crippen LogP) is 1.74. The molecule has 6 heteroatoms. The lowest BCUT2D eigenvalue weighted by molar-refractivity contribution is 0.102. The van der Waals surface area contributed by atoms with Gasteiger partial charge in [-0.15, -0.1) is 0 Å². The highest BCUT2D eigenvalue weighted by atomic mass is 16.4. The van der Waals surface area contributed by atoms with Crippen LogP contribution in [-0.4, -0.2) is 21.9 Å². The molecule has 0 aliphatic rings. The van der Waals surface area contributed by atoms with Gasteiger partial charge in [0.05, 0.1) is 5.56 Å². The van der Waals surface area contributed by atoms with Crippen molar-refractivity contribution in [1.29, 1.82) is 0 Å². The van der Waals surface area contributed by atoms with Crippen LogP contribution >= 0.6 is 0 Å². The molecule has 0 spiro atoms. The molecule has 2 rings (SSSR count). The van der Waals surface area contributed by atoms with E-state index in [1.165, 1.54) is 0 Å². The molecular weight excluding hydrogens is 256 g/mol. The first-order chi connectivity index (χ1) is 9.61. The monoisotopic (exact) mass is 270 g/mol. The molecule has 6 nitrogen and oxygen atoms in total. The summed E-state index contributed by atoms with van der Waals surface area (Å²) in [6, 6.07) is 10.1. The minimum atomic E-state index is -0.229. The van der Waals surface area contributed by atoms with Gasteiger partial charge < -0.3 is 16.3 Å². The second-order valence-corrected chi connectivity index (χ2v) is 4.15. The minimum absolute atomic E-state index is 0.0194. The summed E-state index contributed by atoms with van der Waals surface area (Å²) in [5.41, 5.74) is 7.84. The van der Waals surface area contributed by atoms with Gasteiger partial charge in [-0.1, -0.05) is 5.16 Å². The topological polar surface area (TPSA) is 101 Å². The number of aromatic nitrogens is 1. The van der Waals surface area contributed by atoms with E-state index in [1.54, 1.807) is 49.5 Å². The van der Waals surface area contributed by atoms with Gasteiger partial charge in [-0.3, -0.25) is 9.78 Å². The molecule has 2 aromatic rings. The zero-order valence-corrected chi connectivity index (χ0v) is 10.9. The zero-order valence-electron chi connectivity index (χ0n) is 10.9. The van der Waals surface area contributed by atoms with Crippen LogP contribution < -0.4 is 11.1 Å². The standard InChI is InChI=1S/C14H14N4O2/c1-9-12(3-2-8-16-9)14(19)17-11-6-4-10(5-7-11)13(15)18-20/h2-8,20H,1H3,(H2,15,18)(H,17,19). The summed E-state index contributed by atoms with van der Waals surface area (Å²) in [5.74, 6) is -0.210. The molecule has 0 atom stereocenters. The Kier molecular flexibility index (Phi) is 3.95. The van der Waals surface area contributed by atoms with E-state index >= 15 is 0 Å². The Balaban J connectivity index is 2.15. The van der Waals surface area contributed by atoms with E-state index in [0.717, 1.165) is 0 Å². The lowest BCUT2D eigenvalue weighted by Gasteiger charge is -2.07. The third-order valence-corrected chi connectivity index (χ3v) is 2.80. The Labute approximate surface area is 115 Å². The molecule has 0 radical (unpaired) electrons. The number of nitrogens with zero attached hydrogens (tertiary/aromatic N) is 2. The third kappa shape index (κ3) is 2.92. The SMILES string of the molecule is Cc1ncccc1C(=O)Nc1ccc(/C(N)=N/O)cc1. The number of nitrogens with two attached hydrogens (primary N) is 1. The number of amides is 1. The molecule has 0 aliphatic carbocycles. The highest BCUT2D eigenvalue weighted by molar-refractivity contribution is 6.05. The summed E-state index contributed by atoms with van der Waals surface area (Å²) in [7, 11) is 0. The van der Waals surface area contributed by atoms with E-state index in [9.17, 15) is 4.79 Å². The van der Waals surface area contributed by atoms with Crippen molar-refractivity contribution in [1.82, 2.24) is 4.98 Å². The fourth-order valence-corrected chi connectivity index (χ4v) is 1.70. The van der Waals surface area contributed by atoms with E-state index in [1.807, 2.05) is 0 Å². The number of nitrogens with one attached hydrogen (secondary N) is 1. The molecule has 4 N–H and O–H groups in total. The minimum Gasteiger partial charge on any atom is -0.409 e. The molecule has 0 bridgehead atoms. The van der Waals surface area contributed by atoms with Crippen LogP contribution in [0, 0.1) is 6.92 Å². The second-order valence-electron chi connectivity index (χ2n) is 4.15. The van der Waals surface area contributed by atoms with E-state index in [2.05, 4.69) is 15.5 Å². The number of hydrogen-bond acceptors (Lipinski definition) is 4. The average molecular weight is 270 g/mol. The van der Waals surface area contributed by atoms with Crippen molar-refractivity contribution < 1.29 is 10.0 Å². The van der Waals surface area contributed by atoms with Gasteiger partial charge >= 0.3 is 0 Å². The Morgan fingerprint density at radius 1 is 1.30 bits per heavy atom. The molecule has 0 saturated heterocycles. The molecule has 0 aliphatic heterocycles. The lowest BCUT2D eigenvalue weighted by atomic mass is 10.1. The van der Waals surface area contributed by atoms with Crippen LogP contribution in [0.3, 0.4) is 0 Å². The molecule has 0 unspecified atom stereocenters. The molecule has 1 heterocycles. The van der Waals surface area contributed by atoms with E-state index in [4.69, 9.17) is 10.9 Å². The van der Waals surface area contributed by atoms with Crippen LogP contribution in [0.25, 0.3) is 0 Å². The van der Waals surface area contributed by atoms with Gasteiger partial charge in [0.1, 0.15) is 0 Å². The number of carbonyl (C=O) groups is 1. The van der Waals surface area contributed by atoms with E-state index in [-0.39, 0.29) is 11.7 Å². The van der Waals surface area contributed by atoms with Crippen molar-refractivity contribution in [3.05, 3.63) is 59.4 Å². The molecule has 1 amide bonds. The molecule has 1 aromatic carbocycles. The van der Waals surface area contributed by atoms with Gasteiger partial charge in [0, 0.05) is 23.1 Å². The lowest BCUT2D eigenvalue weighted by Crippen LogP contribution is -2.15. The summed E-state index contributed by atoms with van der Waals surface area (Å²) < 4.78 is 0. The number of carbonyl (C=O) groups excluding carboxylic acids is 1. The van der Waals surface area contributed by atoms with Gasteiger partial charge in [-0.25, -0.2) is 0 Å². The van der Waals surface area contributed by atoms with Crippen molar-refractivity contribution >= 4 is 17.4 Å². The fraction of sp³-hybridized carbons (Fsp3) is 0.0714. The van der Waals surface area contributed by atoms with Crippen molar-refractivity contribution in [2.45, 2.75) is 6.92 Å². The zero-order chi connectivity index (χ0) is 14.5. The summed E-state index contributed by atoms with van der Waals surface area (Å²) in [5, 5.41) is 14.2. The van der Waals surface area contributed by atoms with Crippen molar-refractivity contribution in [2.24, 2.45) is 10.9 Å². The molecule has 20 heavy (non-hydrogen) atoms. The van der Waals surface area contributed by atoms with Crippen LogP contribution in [0.1, 0.15) is 21.6 Å². The second kappa shape index (κ2) is 5.83. The number of pyridine rings is 1. The highest BCUT2D eigenvalue weighted by Gasteiger charge is 2.09. The summed E-state index contributed by atoms with van der Waals surface area (Å²) >= 11 is 0. The summed E-state index contributed by atoms with van der Waals surface area (Å²) in [4.78, 5) is 16.1. The van der Waals surface area contributed by atoms with Crippen LogP contribution in [-0.2, 0) is 0 Å². The Bertz CT molecular complexity index is 650. The van der Waals surface area contributed by atoms with Crippen molar-refractivity contribution in [3.8, 4) is 0 Å². The predicted molar refractivity (Wildman–Crippen MR) is 75.9 cm³/mol. The Hall–Kier alpha value is -2.89. The van der Waals surface area contributed by atoms with Gasteiger partial charge in [-0.2, -0.15) is 0 Å². The number of amidine groups is 1.